The second-order valence-corrected chi connectivity index (χ2v) is 5.14. The summed E-state index contributed by atoms with van der Waals surface area (Å²) in [7, 11) is 0. The van der Waals surface area contributed by atoms with Crippen LogP contribution in [-0.2, 0) is 6.18 Å². The molecule has 1 N–H and O–H groups in total. The molecule has 6 heteroatoms. The number of rotatable bonds is 1. The molecule has 1 aromatic carbocycles. The first kappa shape index (κ1) is 14.7. The van der Waals surface area contributed by atoms with E-state index in [1.54, 1.807) is 17.9 Å². The zero-order valence-corrected chi connectivity index (χ0v) is 11.1. The maximum absolute atomic E-state index is 13.0. The Hall–Kier alpha value is -1.74. The molecule has 0 saturated carbocycles. The van der Waals surface area contributed by atoms with Crippen molar-refractivity contribution >= 4 is 5.69 Å². The molecule has 1 aromatic rings. The van der Waals surface area contributed by atoms with Crippen molar-refractivity contribution in [2.24, 2.45) is 0 Å². The van der Waals surface area contributed by atoms with E-state index in [4.69, 9.17) is 5.26 Å². The van der Waals surface area contributed by atoms with Crippen LogP contribution in [0.3, 0.4) is 0 Å². The molecule has 2 rings (SSSR count). The van der Waals surface area contributed by atoms with Crippen LogP contribution in [0.15, 0.2) is 18.2 Å². The van der Waals surface area contributed by atoms with E-state index in [2.05, 4.69) is 0 Å². The number of hydrogen-bond acceptors (Lipinski definition) is 3. The second kappa shape index (κ2) is 4.98. The number of halogens is 3. The van der Waals surface area contributed by atoms with Gasteiger partial charge in [-0.3, -0.25) is 0 Å². The highest BCUT2D eigenvalue weighted by molar-refractivity contribution is 5.56. The largest absolute Gasteiger partial charge is 0.417 e. The maximum Gasteiger partial charge on any atom is 0.417 e. The fourth-order valence-corrected chi connectivity index (χ4v) is 2.76. The van der Waals surface area contributed by atoms with E-state index >= 15 is 0 Å². The van der Waals surface area contributed by atoms with E-state index in [9.17, 15) is 18.3 Å². The highest BCUT2D eigenvalue weighted by atomic mass is 19.4. The third kappa shape index (κ3) is 2.46. The van der Waals surface area contributed by atoms with Gasteiger partial charge in [-0.25, -0.2) is 0 Å². The van der Waals surface area contributed by atoms with Gasteiger partial charge in [0.15, 0.2) is 0 Å². The van der Waals surface area contributed by atoms with Crippen molar-refractivity contribution in [2.45, 2.75) is 44.6 Å². The molecule has 1 fully saturated rings. The molecule has 0 bridgehead atoms. The van der Waals surface area contributed by atoms with Crippen molar-refractivity contribution in [3.63, 3.8) is 0 Å². The topological polar surface area (TPSA) is 47.3 Å². The summed E-state index contributed by atoms with van der Waals surface area (Å²) in [4.78, 5) is 1.76. The molecule has 20 heavy (non-hydrogen) atoms. The molecular weight excluding hydrogens is 269 g/mol. The van der Waals surface area contributed by atoms with Gasteiger partial charge in [0.2, 0.25) is 0 Å². The lowest BCUT2D eigenvalue weighted by atomic mass is 10.1. The van der Waals surface area contributed by atoms with Crippen LogP contribution in [0, 0.1) is 11.3 Å². The van der Waals surface area contributed by atoms with Gasteiger partial charge < -0.3 is 10.0 Å². The van der Waals surface area contributed by atoms with Crippen LogP contribution in [-0.4, -0.2) is 23.3 Å². The predicted molar refractivity (Wildman–Crippen MR) is 68.2 cm³/mol. The third-order valence-electron chi connectivity index (χ3n) is 3.78. The second-order valence-electron chi connectivity index (χ2n) is 5.14. The van der Waals surface area contributed by atoms with E-state index in [0.717, 1.165) is 6.07 Å². The van der Waals surface area contributed by atoms with Crippen molar-refractivity contribution in [3.8, 4) is 6.07 Å². The third-order valence-corrected chi connectivity index (χ3v) is 3.78. The molecule has 108 valence electrons. The summed E-state index contributed by atoms with van der Waals surface area (Å²) in [5.41, 5.74) is -0.938. The lowest BCUT2D eigenvalue weighted by Gasteiger charge is -2.29. The fourth-order valence-electron chi connectivity index (χ4n) is 2.76. The van der Waals surface area contributed by atoms with Crippen molar-refractivity contribution in [1.82, 2.24) is 0 Å². The number of nitriles is 1. The highest BCUT2D eigenvalue weighted by Crippen LogP contribution is 2.37. The van der Waals surface area contributed by atoms with Crippen LogP contribution in [0.5, 0.6) is 0 Å². The van der Waals surface area contributed by atoms with Gasteiger partial charge in [0.1, 0.15) is 0 Å². The van der Waals surface area contributed by atoms with Crippen LogP contribution in [0.25, 0.3) is 0 Å². The van der Waals surface area contributed by atoms with Gasteiger partial charge in [-0.1, -0.05) is 0 Å². The highest BCUT2D eigenvalue weighted by Gasteiger charge is 2.38. The SMILES string of the molecule is CC1CC(O)C(C)N1c1ccc(C#N)c(C(F)(F)F)c1. The Bertz CT molecular complexity index is 550. The Balaban J connectivity index is 2.47. The first-order chi connectivity index (χ1) is 9.25. The summed E-state index contributed by atoms with van der Waals surface area (Å²) in [6, 6.07) is 4.94. The van der Waals surface area contributed by atoms with E-state index < -0.39 is 17.8 Å². The van der Waals surface area contributed by atoms with E-state index in [-0.39, 0.29) is 17.6 Å². The molecular formula is C14H15F3N2O. The molecule has 0 amide bonds. The average Bonchev–Trinajstić information content (AvgIpc) is 2.61. The average molecular weight is 284 g/mol. The van der Waals surface area contributed by atoms with Crippen LogP contribution in [0.2, 0.25) is 0 Å². The van der Waals surface area contributed by atoms with Gasteiger partial charge in [-0.05, 0) is 38.5 Å². The normalized spacial score (nSPS) is 26.6. The number of aliphatic hydroxyl groups excluding tert-OH is 1. The van der Waals surface area contributed by atoms with Crippen molar-refractivity contribution < 1.29 is 18.3 Å². The van der Waals surface area contributed by atoms with Crippen molar-refractivity contribution in [3.05, 3.63) is 29.3 Å². The maximum atomic E-state index is 13.0. The molecule has 0 radical (unpaired) electrons. The Morgan fingerprint density at radius 3 is 2.45 bits per heavy atom. The zero-order valence-electron chi connectivity index (χ0n) is 11.1. The van der Waals surface area contributed by atoms with Crippen LogP contribution >= 0.6 is 0 Å². The minimum absolute atomic E-state index is 0.0472. The number of anilines is 1. The van der Waals surface area contributed by atoms with Crippen LogP contribution < -0.4 is 4.90 Å². The molecule has 3 atom stereocenters. The van der Waals surface area contributed by atoms with Crippen LogP contribution in [0.4, 0.5) is 18.9 Å². The Kier molecular flexibility index (Phi) is 3.65. The molecule has 1 heterocycles. The van der Waals surface area contributed by atoms with Gasteiger partial charge in [0.25, 0.3) is 0 Å². The van der Waals surface area contributed by atoms with E-state index in [1.807, 2.05) is 6.92 Å². The number of aliphatic hydroxyl groups is 1. The Morgan fingerprint density at radius 2 is 2.00 bits per heavy atom. The first-order valence-electron chi connectivity index (χ1n) is 6.33. The molecule has 3 nitrogen and oxygen atoms in total. The van der Waals surface area contributed by atoms with E-state index in [0.29, 0.717) is 12.1 Å². The summed E-state index contributed by atoms with van der Waals surface area (Å²) in [5.74, 6) is 0. The molecule has 0 aromatic heterocycles. The van der Waals surface area contributed by atoms with Crippen molar-refractivity contribution in [2.75, 3.05) is 4.90 Å². The molecule has 1 saturated heterocycles. The summed E-state index contributed by atoms with van der Waals surface area (Å²) in [6.45, 7) is 3.64. The number of nitrogens with zero attached hydrogens (tertiary/aromatic N) is 2. The molecule has 1 aliphatic heterocycles. The Morgan fingerprint density at radius 1 is 1.35 bits per heavy atom. The van der Waals surface area contributed by atoms with Gasteiger partial charge >= 0.3 is 6.18 Å². The lowest BCUT2D eigenvalue weighted by molar-refractivity contribution is -0.137. The minimum atomic E-state index is -4.56. The van der Waals surface area contributed by atoms with Gasteiger partial charge in [-0.2, -0.15) is 18.4 Å². The number of hydrogen-bond donors (Lipinski definition) is 1. The summed E-state index contributed by atoms with van der Waals surface area (Å²) >= 11 is 0. The molecule has 3 unspecified atom stereocenters. The fraction of sp³-hybridized carbons (Fsp3) is 0.500. The molecule has 0 spiro atoms. The summed E-state index contributed by atoms with van der Waals surface area (Å²) in [6.07, 6.45) is -4.61. The zero-order chi connectivity index (χ0) is 15.1. The summed E-state index contributed by atoms with van der Waals surface area (Å²) < 4.78 is 38.9. The monoisotopic (exact) mass is 284 g/mol. The van der Waals surface area contributed by atoms with Gasteiger partial charge in [0, 0.05) is 11.7 Å². The van der Waals surface area contributed by atoms with E-state index in [1.165, 1.54) is 12.1 Å². The van der Waals surface area contributed by atoms with Crippen molar-refractivity contribution in [1.29, 1.82) is 5.26 Å². The Labute approximate surface area is 115 Å². The predicted octanol–water partition coefficient (Wildman–Crippen LogP) is 2.93. The standard InChI is InChI=1S/C14H15F3N2O/c1-8-5-13(20)9(2)19(8)11-4-3-10(7-18)12(6-11)14(15,16)17/h3-4,6,8-9,13,20H,5H2,1-2H3. The summed E-state index contributed by atoms with van der Waals surface area (Å²) in [5, 5.41) is 18.6. The minimum Gasteiger partial charge on any atom is -0.391 e. The quantitative estimate of drug-likeness (QED) is 0.862. The number of alkyl halides is 3. The van der Waals surface area contributed by atoms with Crippen LogP contribution in [0.1, 0.15) is 31.4 Å². The van der Waals surface area contributed by atoms with Gasteiger partial charge in [-0.15, -0.1) is 0 Å². The molecule has 1 aliphatic rings. The lowest BCUT2D eigenvalue weighted by Crippen LogP contribution is -2.35. The van der Waals surface area contributed by atoms with Gasteiger partial charge in [0.05, 0.1) is 29.3 Å². The molecule has 0 aliphatic carbocycles. The number of benzene rings is 1. The first-order valence-corrected chi connectivity index (χ1v) is 6.33. The smallest absolute Gasteiger partial charge is 0.391 e.